The van der Waals surface area contributed by atoms with Crippen LogP contribution in [0.3, 0.4) is 0 Å². The predicted octanol–water partition coefficient (Wildman–Crippen LogP) is 8.16. The van der Waals surface area contributed by atoms with E-state index in [0.29, 0.717) is 16.9 Å². The summed E-state index contributed by atoms with van der Waals surface area (Å²) in [5, 5.41) is 11.9. The van der Waals surface area contributed by atoms with Crippen LogP contribution < -0.4 is 16.0 Å². The van der Waals surface area contributed by atoms with Crippen molar-refractivity contribution in [2.75, 3.05) is 23.3 Å². The van der Waals surface area contributed by atoms with Crippen molar-refractivity contribution >= 4 is 58.7 Å². The van der Waals surface area contributed by atoms with Crippen LogP contribution in [0.25, 0.3) is 0 Å². The number of aliphatic imine (C=N–C) groups is 2. The summed E-state index contributed by atoms with van der Waals surface area (Å²) in [4.78, 5) is 49.2. The first kappa shape index (κ1) is 36.8. The molecule has 4 N–H and O–H groups in total. The molecule has 0 radical (unpaired) electrons. The number of carbonyl (C=O) groups is 3. The lowest BCUT2D eigenvalue weighted by atomic mass is 10.1. The van der Waals surface area contributed by atoms with Gasteiger partial charge in [0.1, 0.15) is 5.84 Å². The molecular weight excluding hydrogens is 680 g/mol. The van der Waals surface area contributed by atoms with Crippen molar-refractivity contribution in [3.05, 3.63) is 119 Å². The van der Waals surface area contributed by atoms with E-state index in [4.69, 9.17) is 10.8 Å². The number of hydrogen-bond acceptors (Lipinski definition) is 6. The lowest BCUT2D eigenvalue weighted by Crippen LogP contribution is -2.29. The van der Waals surface area contributed by atoms with Gasteiger partial charge in [0.2, 0.25) is 0 Å². The van der Waals surface area contributed by atoms with Gasteiger partial charge in [0.05, 0.1) is 28.9 Å². The van der Waals surface area contributed by atoms with Crippen LogP contribution in [0, 0.1) is 0 Å². The van der Waals surface area contributed by atoms with Gasteiger partial charge >= 0.3 is 12.1 Å². The van der Waals surface area contributed by atoms with Gasteiger partial charge in [-0.3, -0.25) is 19.4 Å². The van der Waals surface area contributed by atoms with Crippen LogP contribution in [0.15, 0.2) is 106 Å². The van der Waals surface area contributed by atoms with E-state index in [1.165, 1.54) is 30.1 Å². The van der Waals surface area contributed by atoms with Gasteiger partial charge in [-0.2, -0.15) is 18.2 Å². The maximum atomic E-state index is 13.5. The molecule has 2 amide bonds. The molecule has 0 spiro atoms. The number of nitrogens with one attached hydrogen (secondary N) is 1. The summed E-state index contributed by atoms with van der Waals surface area (Å²) in [5.74, 6) is -1.59. The van der Waals surface area contributed by atoms with Crippen molar-refractivity contribution in [3.63, 3.8) is 0 Å². The molecule has 1 heterocycles. The molecule has 0 aliphatic carbocycles. The third-order valence-corrected chi connectivity index (χ3v) is 9.08. The minimum atomic E-state index is -4.50. The smallest absolute Gasteiger partial charge is 0.416 e. The highest BCUT2D eigenvalue weighted by atomic mass is 32.2. The topological polar surface area (TPSA) is 137 Å². The molecule has 1 aliphatic heterocycles. The Balaban J connectivity index is 1.31. The van der Waals surface area contributed by atoms with Crippen molar-refractivity contribution in [3.8, 4) is 0 Å². The number of alkyl halides is 3. The Hall–Kier alpha value is -5.43. The van der Waals surface area contributed by atoms with E-state index in [-0.39, 0.29) is 35.6 Å². The molecule has 13 heteroatoms. The van der Waals surface area contributed by atoms with Gasteiger partial charge in [-0.05, 0) is 91.1 Å². The van der Waals surface area contributed by atoms with Gasteiger partial charge in [0, 0.05) is 47.6 Å². The van der Waals surface area contributed by atoms with Gasteiger partial charge in [-0.1, -0.05) is 30.3 Å². The zero-order valence-corrected chi connectivity index (χ0v) is 28.3. The van der Waals surface area contributed by atoms with E-state index in [9.17, 15) is 27.6 Å². The van der Waals surface area contributed by atoms with E-state index in [0.717, 1.165) is 60.6 Å². The number of aliphatic carboxylic acids is 1. The third-order valence-electron chi connectivity index (χ3n) is 8.01. The van der Waals surface area contributed by atoms with Crippen LogP contribution in [-0.2, 0) is 23.1 Å². The monoisotopic (exact) mass is 715 g/mol. The molecule has 0 saturated carbocycles. The average Bonchev–Trinajstić information content (AvgIpc) is 3.11. The fourth-order valence-corrected chi connectivity index (χ4v) is 6.42. The molecule has 1 aliphatic rings. The predicted molar refractivity (Wildman–Crippen MR) is 194 cm³/mol. The number of halogens is 3. The van der Waals surface area contributed by atoms with E-state index >= 15 is 0 Å². The lowest BCUT2D eigenvalue weighted by Gasteiger charge is -2.29. The average molecular weight is 716 g/mol. The summed E-state index contributed by atoms with van der Waals surface area (Å²) in [7, 11) is 0. The number of benzene rings is 4. The number of carboxylic acids is 1. The summed E-state index contributed by atoms with van der Waals surface area (Å²) in [6.07, 6.45) is -0.232. The Morgan fingerprint density at radius 1 is 0.902 bits per heavy atom. The standard InChI is InChI=1S/C38H36F3N5O4S/c39-38(40,41)28-10-6-11-29(22-28)43-16-15-34(42)45-37(50)32-23-30(46-17-2-1-3-18-46)13-14-33(32)44-36(49)27-9-4-8-26(19-27)24-51-31-12-5-7-25(20-31)21-35(47)48/h4-14,16,19-20,22-23H,1-3,15,17-18,21,24H2,(H,44,49)(H,47,48)(H2,42,45,50). The zero-order chi connectivity index (χ0) is 36.4. The number of amidine groups is 1. The van der Waals surface area contributed by atoms with E-state index in [1.54, 1.807) is 36.4 Å². The number of nitrogens with zero attached hydrogens (tertiary/aromatic N) is 3. The first-order valence-corrected chi connectivity index (χ1v) is 17.2. The molecule has 264 valence electrons. The minimum absolute atomic E-state index is 0.0664. The van der Waals surface area contributed by atoms with E-state index in [2.05, 4.69) is 20.2 Å². The van der Waals surface area contributed by atoms with Crippen LogP contribution in [-0.4, -0.2) is 48.0 Å². The first-order valence-electron chi connectivity index (χ1n) is 16.2. The van der Waals surface area contributed by atoms with E-state index < -0.39 is 29.5 Å². The minimum Gasteiger partial charge on any atom is -0.481 e. The van der Waals surface area contributed by atoms with Gasteiger partial charge in [-0.15, -0.1) is 11.8 Å². The molecule has 0 bridgehead atoms. The van der Waals surface area contributed by atoms with Crippen molar-refractivity contribution in [1.82, 2.24) is 0 Å². The molecule has 5 rings (SSSR count). The maximum absolute atomic E-state index is 13.5. The molecule has 0 aromatic heterocycles. The Kier molecular flexibility index (Phi) is 12.3. The second-order valence-corrected chi connectivity index (χ2v) is 13.0. The largest absolute Gasteiger partial charge is 0.481 e. The van der Waals surface area contributed by atoms with Crippen molar-refractivity contribution in [1.29, 1.82) is 0 Å². The molecular formula is C38H36F3N5O4S. The number of rotatable bonds is 12. The number of amides is 2. The number of thioether (sulfide) groups is 1. The second-order valence-electron chi connectivity index (χ2n) is 11.9. The molecule has 9 nitrogen and oxygen atoms in total. The lowest BCUT2D eigenvalue weighted by molar-refractivity contribution is -0.138. The fourth-order valence-electron chi connectivity index (χ4n) is 5.49. The van der Waals surface area contributed by atoms with Gasteiger partial charge in [0.25, 0.3) is 11.8 Å². The number of carbonyl (C=O) groups excluding carboxylic acids is 2. The van der Waals surface area contributed by atoms with Crippen molar-refractivity contribution in [2.45, 2.75) is 48.9 Å². The van der Waals surface area contributed by atoms with Crippen LogP contribution in [0.4, 0.5) is 30.2 Å². The third kappa shape index (κ3) is 10.8. The second kappa shape index (κ2) is 17.0. The molecule has 51 heavy (non-hydrogen) atoms. The van der Waals surface area contributed by atoms with Crippen LogP contribution >= 0.6 is 11.8 Å². The summed E-state index contributed by atoms with van der Waals surface area (Å²) < 4.78 is 39.2. The number of nitrogens with two attached hydrogens (primary N) is 1. The number of piperidine rings is 1. The van der Waals surface area contributed by atoms with Gasteiger partial charge < -0.3 is 21.1 Å². The Morgan fingerprint density at radius 2 is 1.65 bits per heavy atom. The summed E-state index contributed by atoms with van der Waals surface area (Å²) in [5.41, 5.74) is 8.43. The number of anilines is 2. The Bertz CT molecular complexity index is 1960. The van der Waals surface area contributed by atoms with Crippen LogP contribution in [0.2, 0.25) is 0 Å². The van der Waals surface area contributed by atoms with E-state index in [1.807, 2.05) is 30.3 Å². The quantitative estimate of drug-likeness (QED) is 0.0765. The highest BCUT2D eigenvalue weighted by Gasteiger charge is 2.30. The van der Waals surface area contributed by atoms with Gasteiger partial charge in [-0.25, -0.2) is 0 Å². The fraction of sp³-hybridized carbons (Fsp3) is 0.237. The maximum Gasteiger partial charge on any atom is 0.416 e. The summed E-state index contributed by atoms with van der Waals surface area (Å²) in [6, 6.07) is 24.1. The Morgan fingerprint density at radius 3 is 2.41 bits per heavy atom. The normalized spacial score (nSPS) is 13.7. The highest BCUT2D eigenvalue weighted by molar-refractivity contribution is 7.98. The van der Waals surface area contributed by atoms with Crippen LogP contribution in [0.1, 0.15) is 63.1 Å². The molecule has 1 saturated heterocycles. The van der Waals surface area contributed by atoms with Crippen molar-refractivity contribution in [2.24, 2.45) is 15.7 Å². The Labute approximate surface area is 297 Å². The van der Waals surface area contributed by atoms with Crippen molar-refractivity contribution < 1.29 is 32.7 Å². The molecule has 0 unspecified atom stereocenters. The van der Waals surface area contributed by atoms with Gasteiger partial charge in [0.15, 0.2) is 0 Å². The molecule has 4 aromatic rings. The summed E-state index contributed by atoms with van der Waals surface area (Å²) in [6.45, 7) is 1.65. The van der Waals surface area contributed by atoms with Crippen LogP contribution in [0.5, 0.6) is 0 Å². The zero-order valence-electron chi connectivity index (χ0n) is 27.5. The number of hydrogen-bond donors (Lipinski definition) is 3. The SMILES string of the molecule is NC(CC=Nc1cccc(C(F)(F)F)c1)=NC(=O)c1cc(N2CCCCC2)ccc1NC(=O)c1cccc(CSc2cccc(CC(=O)O)c2)c1. The highest BCUT2D eigenvalue weighted by Crippen LogP contribution is 2.32. The molecule has 4 aromatic carbocycles. The first-order chi connectivity index (χ1) is 24.4. The molecule has 1 fully saturated rings. The molecule has 0 atom stereocenters. The summed E-state index contributed by atoms with van der Waals surface area (Å²) >= 11 is 1.52. The number of carboxylic acid groups (broad SMARTS) is 1.